The molecule has 0 saturated carbocycles. The van der Waals surface area contributed by atoms with Gasteiger partial charge in [-0.15, -0.1) is 0 Å². The zero-order chi connectivity index (χ0) is 15.9. The van der Waals surface area contributed by atoms with Gasteiger partial charge in [-0.1, -0.05) is 36.2 Å². The van der Waals surface area contributed by atoms with E-state index in [4.69, 9.17) is 32.7 Å². The number of hydrogen-bond acceptors (Lipinski definition) is 3. The molecule has 0 saturated heterocycles. The van der Waals surface area contributed by atoms with E-state index in [0.29, 0.717) is 23.2 Å². The summed E-state index contributed by atoms with van der Waals surface area (Å²) in [6, 6.07) is 11.4. The molecule has 118 valence electrons. The molecule has 0 atom stereocenters. The summed E-state index contributed by atoms with van der Waals surface area (Å²) < 4.78 is 11.0. The first-order chi connectivity index (χ1) is 10.6. The van der Waals surface area contributed by atoms with Gasteiger partial charge in [0.25, 0.3) is 0 Å². The Balaban J connectivity index is 2.04. The van der Waals surface area contributed by atoms with Crippen LogP contribution in [-0.4, -0.2) is 13.7 Å². The molecule has 0 spiro atoms. The summed E-state index contributed by atoms with van der Waals surface area (Å²) in [5, 5.41) is 4.39. The fourth-order valence-corrected chi connectivity index (χ4v) is 2.26. The van der Waals surface area contributed by atoms with Crippen LogP contribution in [0.15, 0.2) is 36.4 Å². The number of methoxy groups -OCH3 is 1. The van der Waals surface area contributed by atoms with Crippen LogP contribution in [0, 0.1) is 0 Å². The zero-order valence-corrected chi connectivity index (χ0v) is 14.2. The number of benzene rings is 2. The van der Waals surface area contributed by atoms with Crippen LogP contribution in [0.5, 0.6) is 11.5 Å². The summed E-state index contributed by atoms with van der Waals surface area (Å²) in [7, 11) is 1.64. The highest BCUT2D eigenvalue weighted by Gasteiger charge is 2.06. The summed E-state index contributed by atoms with van der Waals surface area (Å²) in [6.07, 6.45) is 0.962. The number of hydrogen-bond donors (Lipinski definition) is 1. The maximum atomic E-state index is 6.00. The van der Waals surface area contributed by atoms with Gasteiger partial charge in [0.1, 0.15) is 0 Å². The van der Waals surface area contributed by atoms with Crippen molar-refractivity contribution in [1.29, 1.82) is 0 Å². The molecule has 0 heterocycles. The quantitative estimate of drug-likeness (QED) is 0.732. The highest BCUT2D eigenvalue weighted by atomic mass is 35.5. The monoisotopic (exact) mass is 339 g/mol. The van der Waals surface area contributed by atoms with Crippen LogP contribution in [0.3, 0.4) is 0 Å². The summed E-state index contributed by atoms with van der Waals surface area (Å²) in [5.41, 5.74) is 2.01. The molecule has 0 fully saturated rings. The van der Waals surface area contributed by atoms with Crippen molar-refractivity contribution in [3.05, 3.63) is 52.0 Å². The average Bonchev–Trinajstić information content (AvgIpc) is 2.54. The molecule has 0 amide bonds. The number of anilines is 1. The lowest BCUT2D eigenvalue weighted by Gasteiger charge is -2.13. The Hall–Kier alpha value is -1.58. The van der Waals surface area contributed by atoms with Crippen molar-refractivity contribution in [2.45, 2.75) is 19.9 Å². The van der Waals surface area contributed by atoms with Gasteiger partial charge in [0.2, 0.25) is 0 Å². The van der Waals surface area contributed by atoms with Crippen LogP contribution < -0.4 is 14.8 Å². The minimum Gasteiger partial charge on any atom is -0.493 e. The Bertz CT molecular complexity index is 632. The molecule has 3 nitrogen and oxygen atoms in total. The van der Waals surface area contributed by atoms with Gasteiger partial charge >= 0.3 is 0 Å². The van der Waals surface area contributed by atoms with Crippen molar-refractivity contribution < 1.29 is 9.47 Å². The van der Waals surface area contributed by atoms with E-state index < -0.39 is 0 Å². The Kier molecular flexibility index (Phi) is 6.22. The predicted octanol–water partition coefficient (Wildman–Crippen LogP) is 5.40. The summed E-state index contributed by atoms with van der Waals surface area (Å²) in [4.78, 5) is 0. The fourth-order valence-electron chi connectivity index (χ4n) is 1.96. The van der Waals surface area contributed by atoms with Gasteiger partial charge in [-0.25, -0.2) is 0 Å². The van der Waals surface area contributed by atoms with Gasteiger partial charge in [-0.2, -0.15) is 0 Å². The summed E-state index contributed by atoms with van der Waals surface area (Å²) in [5.74, 6) is 1.50. The molecule has 0 aliphatic heterocycles. The highest BCUT2D eigenvalue weighted by Crippen LogP contribution is 2.29. The second-order valence-corrected chi connectivity index (χ2v) is 5.63. The second kappa shape index (κ2) is 8.16. The van der Waals surface area contributed by atoms with Crippen molar-refractivity contribution in [3.63, 3.8) is 0 Å². The standard InChI is InChI=1S/C17H19Cl2NO2/c1-3-8-22-16-7-4-12(9-17(16)21-2)11-20-13-5-6-14(18)15(19)10-13/h4-7,9-10,20H,3,8,11H2,1-2H3. The molecule has 0 aliphatic carbocycles. The molecule has 2 rings (SSSR count). The third-order valence-electron chi connectivity index (χ3n) is 3.11. The molecule has 0 radical (unpaired) electrons. The minimum atomic E-state index is 0.535. The molecule has 5 heteroatoms. The summed E-state index contributed by atoms with van der Waals surface area (Å²) in [6.45, 7) is 3.40. The largest absolute Gasteiger partial charge is 0.493 e. The van der Waals surface area contributed by atoms with Gasteiger partial charge < -0.3 is 14.8 Å². The van der Waals surface area contributed by atoms with E-state index in [-0.39, 0.29) is 0 Å². The number of rotatable bonds is 7. The molecule has 2 aromatic carbocycles. The van der Waals surface area contributed by atoms with Crippen molar-refractivity contribution in [2.75, 3.05) is 19.0 Å². The summed E-state index contributed by atoms with van der Waals surface area (Å²) >= 11 is 11.9. The fraction of sp³-hybridized carbons (Fsp3) is 0.294. The van der Waals surface area contributed by atoms with E-state index in [2.05, 4.69) is 12.2 Å². The van der Waals surface area contributed by atoms with Gasteiger partial charge in [0, 0.05) is 12.2 Å². The Morgan fingerprint density at radius 3 is 2.50 bits per heavy atom. The molecule has 0 aromatic heterocycles. The molecule has 2 aromatic rings. The number of ether oxygens (including phenoxy) is 2. The lowest BCUT2D eigenvalue weighted by atomic mass is 10.2. The minimum absolute atomic E-state index is 0.535. The van der Waals surface area contributed by atoms with Crippen molar-refractivity contribution >= 4 is 28.9 Å². The van der Waals surface area contributed by atoms with E-state index in [1.54, 1.807) is 19.2 Å². The van der Waals surface area contributed by atoms with Crippen LogP contribution >= 0.6 is 23.2 Å². The Morgan fingerprint density at radius 2 is 1.82 bits per heavy atom. The van der Waals surface area contributed by atoms with E-state index in [0.717, 1.165) is 29.2 Å². The van der Waals surface area contributed by atoms with Gasteiger partial charge in [-0.05, 0) is 42.3 Å². The topological polar surface area (TPSA) is 30.5 Å². The second-order valence-electron chi connectivity index (χ2n) is 4.82. The first kappa shape index (κ1) is 16.8. The Morgan fingerprint density at radius 1 is 1.00 bits per heavy atom. The first-order valence-electron chi connectivity index (χ1n) is 7.12. The lowest BCUT2D eigenvalue weighted by molar-refractivity contribution is 0.294. The lowest BCUT2D eigenvalue weighted by Crippen LogP contribution is -2.02. The molecule has 22 heavy (non-hydrogen) atoms. The number of halogens is 2. The molecule has 0 unspecified atom stereocenters. The Labute approximate surface area is 141 Å². The zero-order valence-electron chi connectivity index (χ0n) is 12.7. The third-order valence-corrected chi connectivity index (χ3v) is 3.84. The van der Waals surface area contributed by atoms with Gasteiger partial charge in [0.15, 0.2) is 11.5 Å². The van der Waals surface area contributed by atoms with Crippen LogP contribution in [-0.2, 0) is 6.54 Å². The van der Waals surface area contributed by atoms with Crippen LogP contribution in [0.25, 0.3) is 0 Å². The molecular weight excluding hydrogens is 321 g/mol. The maximum Gasteiger partial charge on any atom is 0.161 e. The van der Waals surface area contributed by atoms with Gasteiger partial charge in [0.05, 0.1) is 23.8 Å². The number of nitrogens with one attached hydrogen (secondary N) is 1. The van der Waals surface area contributed by atoms with Gasteiger partial charge in [-0.3, -0.25) is 0 Å². The van der Waals surface area contributed by atoms with E-state index in [9.17, 15) is 0 Å². The third kappa shape index (κ3) is 4.46. The predicted molar refractivity (Wildman–Crippen MR) is 92.6 cm³/mol. The molecular formula is C17H19Cl2NO2. The van der Waals surface area contributed by atoms with Crippen LogP contribution in [0.4, 0.5) is 5.69 Å². The average molecular weight is 340 g/mol. The van der Waals surface area contributed by atoms with Crippen molar-refractivity contribution in [1.82, 2.24) is 0 Å². The van der Waals surface area contributed by atoms with Crippen molar-refractivity contribution in [2.24, 2.45) is 0 Å². The first-order valence-corrected chi connectivity index (χ1v) is 7.88. The maximum absolute atomic E-state index is 6.00. The normalized spacial score (nSPS) is 10.4. The molecule has 0 aliphatic rings. The smallest absolute Gasteiger partial charge is 0.161 e. The van der Waals surface area contributed by atoms with E-state index >= 15 is 0 Å². The van der Waals surface area contributed by atoms with E-state index in [1.807, 2.05) is 24.3 Å². The van der Waals surface area contributed by atoms with Crippen LogP contribution in [0.1, 0.15) is 18.9 Å². The molecule has 1 N–H and O–H groups in total. The van der Waals surface area contributed by atoms with Crippen molar-refractivity contribution in [3.8, 4) is 11.5 Å². The van der Waals surface area contributed by atoms with E-state index in [1.165, 1.54) is 0 Å². The van der Waals surface area contributed by atoms with Crippen LogP contribution in [0.2, 0.25) is 10.0 Å². The SMILES string of the molecule is CCCOc1ccc(CNc2ccc(Cl)c(Cl)c2)cc1OC. The molecule has 0 bridgehead atoms. The highest BCUT2D eigenvalue weighted by molar-refractivity contribution is 6.42.